The summed E-state index contributed by atoms with van der Waals surface area (Å²) in [6, 6.07) is 5.98. The van der Waals surface area contributed by atoms with Crippen LogP contribution in [0.4, 0.5) is 0 Å². The number of aromatic hydroxyl groups is 3. The number of Topliss-reactive ketones (excluding diaryl/α,β-unsaturated/α-hetero) is 1. The van der Waals surface area contributed by atoms with Gasteiger partial charge in [0, 0.05) is 11.6 Å². The lowest BCUT2D eigenvalue weighted by molar-refractivity contribution is 0.0783. The summed E-state index contributed by atoms with van der Waals surface area (Å²) in [4.78, 5) is 12.7. The maximum atomic E-state index is 12.7. The summed E-state index contributed by atoms with van der Waals surface area (Å²) in [5.74, 6) is -0.00688. The first kappa shape index (κ1) is 16.6. The molecule has 6 heteroatoms. The van der Waals surface area contributed by atoms with Crippen molar-refractivity contribution < 1.29 is 29.6 Å². The zero-order valence-corrected chi connectivity index (χ0v) is 14.6. The summed E-state index contributed by atoms with van der Waals surface area (Å²) in [5, 5.41) is 29.8. The van der Waals surface area contributed by atoms with Crippen molar-refractivity contribution in [1.29, 1.82) is 0 Å². The van der Waals surface area contributed by atoms with E-state index in [1.165, 1.54) is 12.1 Å². The number of fused-ring (bicyclic) bond motifs is 2. The largest absolute Gasteiger partial charge is 0.507 e. The fourth-order valence-electron chi connectivity index (χ4n) is 3.52. The highest BCUT2D eigenvalue weighted by atomic mass is 16.5. The molecular weight excluding hydrogens is 336 g/mol. The molecule has 136 valence electrons. The summed E-state index contributed by atoms with van der Waals surface area (Å²) in [6.07, 6.45) is 0.798. The lowest BCUT2D eigenvalue weighted by Gasteiger charge is -2.35. The molecule has 0 aromatic heterocycles. The van der Waals surface area contributed by atoms with Gasteiger partial charge in [-0.25, -0.2) is 0 Å². The molecule has 2 aliphatic heterocycles. The zero-order valence-electron chi connectivity index (χ0n) is 14.6. The van der Waals surface area contributed by atoms with Crippen LogP contribution >= 0.6 is 0 Å². The highest BCUT2D eigenvalue weighted by molar-refractivity contribution is 6.03. The maximum Gasteiger partial charge on any atom is 0.174 e. The molecule has 0 bridgehead atoms. The van der Waals surface area contributed by atoms with Crippen LogP contribution in [-0.4, -0.2) is 26.7 Å². The normalized spacial score (nSPS) is 20.5. The van der Waals surface area contributed by atoms with Crippen LogP contribution in [0.2, 0.25) is 0 Å². The van der Waals surface area contributed by atoms with E-state index in [1.54, 1.807) is 12.1 Å². The molecule has 0 saturated heterocycles. The molecular formula is C20H20O6. The average molecular weight is 356 g/mol. The molecule has 0 spiro atoms. The third-order valence-electron chi connectivity index (χ3n) is 4.98. The molecule has 1 atom stereocenters. The van der Waals surface area contributed by atoms with Crippen LogP contribution in [0.3, 0.4) is 0 Å². The Labute approximate surface area is 150 Å². The van der Waals surface area contributed by atoms with Gasteiger partial charge in [0.05, 0.1) is 6.42 Å². The van der Waals surface area contributed by atoms with Gasteiger partial charge in [0.1, 0.15) is 34.5 Å². The highest BCUT2D eigenvalue weighted by Gasteiger charge is 2.36. The van der Waals surface area contributed by atoms with E-state index in [-0.39, 0.29) is 46.4 Å². The van der Waals surface area contributed by atoms with Crippen LogP contribution < -0.4 is 9.47 Å². The molecule has 2 aromatic carbocycles. The number of carbonyl (C=O) groups is 1. The molecule has 0 saturated carbocycles. The minimum atomic E-state index is -0.615. The van der Waals surface area contributed by atoms with Crippen molar-refractivity contribution in [2.75, 3.05) is 0 Å². The molecule has 6 nitrogen and oxygen atoms in total. The second-order valence-corrected chi connectivity index (χ2v) is 7.42. The molecule has 0 radical (unpaired) electrons. The quantitative estimate of drug-likeness (QED) is 0.676. The Morgan fingerprint density at radius 2 is 1.85 bits per heavy atom. The number of ether oxygens (including phenoxy) is 2. The summed E-state index contributed by atoms with van der Waals surface area (Å²) in [6.45, 7) is 3.95. The number of hydrogen-bond donors (Lipinski definition) is 3. The van der Waals surface area contributed by atoms with Gasteiger partial charge in [-0.2, -0.15) is 0 Å². The number of ketones is 1. The van der Waals surface area contributed by atoms with Crippen molar-refractivity contribution in [3.8, 4) is 28.7 Å². The van der Waals surface area contributed by atoms with Crippen molar-refractivity contribution >= 4 is 5.78 Å². The van der Waals surface area contributed by atoms with Gasteiger partial charge in [-0.05, 0) is 44.4 Å². The summed E-state index contributed by atoms with van der Waals surface area (Å²) >= 11 is 0. The number of hydrogen-bond acceptors (Lipinski definition) is 6. The van der Waals surface area contributed by atoms with Gasteiger partial charge in [0.25, 0.3) is 0 Å². The predicted molar refractivity (Wildman–Crippen MR) is 93.2 cm³/mol. The second kappa shape index (κ2) is 5.56. The smallest absolute Gasteiger partial charge is 0.174 e. The van der Waals surface area contributed by atoms with E-state index in [4.69, 9.17) is 9.47 Å². The number of rotatable bonds is 1. The average Bonchev–Trinajstić information content (AvgIpc) is 2.55. The Morgan fingerprint density at radius 1 is 1.08 bits per heavy atom. The standard InChI is InChI=1S/C20H20O6/c1-20(2)6-5-11-16(26-20)9-17-18(19(11)24)14(23)8-15(25-17)10-3-4-12(21)13(22)7-10/h3-4,7,9,15,21-22,24H,5-6,8H2,1-2H3. The minimum Gasteiger partial charge on any atom is -0.507 e. The van der Waals surface area contributed by atoms with E-state index in [2.05, 4.69) is 0 Å². The molecule has 2 heterocycles. The van der Waals surface area contributed by atoms with Gasteiger partial charge in [-0.15, -0.1) is 0 Å². The highest BCUT2D eigenvalue weighted by Crippen LogP contribution is 2.48. The van der Waals surface area contributed by atoms with Crippen molar-refractivity contribution in [2.45, 2.75) is 44.8 Å². The zero-order chi connectivity index (χ0) is 18.6. The SMILES string of the molecule is CC1(C)CCc2c(cc3c(c2O)C(=O)CC(c2ccc(O)c(O)c2)O3)O1. The van der Waals surface area contributed by atoms with Crippen molar-refractivity contribution in [2.24, 2.45) is 0 Å². The number of benzene rings is 2. The van der Waals surface area contributed by atoms with E-state index in [0.29, 0.717) is 23.3 Å². The molecule has 0 fully saturated rings. The van der Waals surface area contributed by atoms with Crippen LogP contribution in [0.5, 0.6) is 28.7 Å². The molecule has 2 aliphatic rings. The number of phenolic OH excluding ortho intramolecular Hbond substituents is 3. The van der Waals surface area contributed by atoms with Crippen molar-refractivity contribution in [3.05, 3.63) is 41.0 Å². The van der Waals surface area contributed by atoms with Crippen LogP contribution in [0, 0.1) is 0 Å². The van der Waals surface area contributed by atoms with E-state index in [9.17, 15) is 20.1 Å². The first-order chi connectivity index (χ1) is 12.2. The molecule has 0 amide bonds. The fourth-order valence-corrected chi connectivity index (χ4v) is 3.52. The van der Waals surface area contributed by atoms with E-state index in [1.807, 2.05) is 13.8 Å². The summed E-state index contributed by atoms with van der Waals surface area (Å²) < 4.78 is 11.9. The van der Waals surface area contributed by atoms with Crippen LogP contribution in [0.15, 0.2) is 24.3 Å². The molecule has 3 N–H and O–H groups in total. The summed E-state index contributed by atoms with van der Waals surface area (Å²) in [5.41, 5.74) is 1.04. The molecule has 26 heavy (non-hydrogen) atoms. The van der Waals surface area contributed by atoms with Gasteiger partial charge < -0.3 is 24.8 Å². The van der Waals surface area contributed by atoms with Crippen LogP contribution in [-0.2, 0) is 6.42 Å². The maximum absolute atomic E-state index is 12.7. The Morgan fingerprint density at radius 3 is 2.58 bits per heavy atom. The summed E-state index contributed by atoms with van der Waals surface area (Å²) in [7, 11) is 0. The van der Waals surface area contributed by atoms with Gasteiger partial charge in [0.2, 0.25) is 0 Å². The topological polar surface area (TPSA) is 96.2 Å². The lowest BCUT2D eigenvalue weighted by atomic mass is 9.89. The predicted octanol–water partition coefficient (Wildman–Crippen LogP) is 3.61. The van der Waals surface area contributed by atoms with Crippen molar-refractivity contribution in [1.82, 2.24) is 0 Å². The third-order valence-corrected chi connectivity index (χ3v) is 4.98. The number of phenols is 3. The molecule has 2 aromatic rings. The Hall–Kier alpha value is -2.89. The Bertz CT molecular complexity index is 915. The van der Waals surface area contributed by atoms with Gasteiger partial charge in [-0.3, -0.25) is 4.79 Å². The first-order valence-corrected chi connectivity index (χ1v) is 8.55. The fraction of sp³-hybridized carbons (Fsp3) is 0.350. The Kier molecular flexibility index (Phi) is 3.54. The second-order valence-electron chi connectivity index (χ2n) is 7.42. The van der Waals surface area contributed by atoms with E-state index in [0.717, 1.165) is 6.42 Å². The first-order valence-electron chi connectivity index (χ1n) is 8.55. The monoisotopic (exact) mass is 356 g/mol. The van der Waals surface area contributed by atoms with Crippen LogP contribution in [0.25, 0.3) is 0 Å². The van der Waals surface area contributed by atoms with Gasteiger partial charge in [0.15, 0.2) is 17.3 Å². The van der Waals surface area contributed by atoms with Gasteiger partial charge >= 0.3 is 0 Å². The molecule has 0 aliphatic carbocycles. The Balaban J connectivity index is 1.75. The minimum absolute atomic E-state index is 0.0376. The number of carbonyl (C=O) groups excluding carboxylic acids is 1. The van der Waals surface area contributed by atoms with E-state index < -0.39 is 6.10 Å². The van der Waals surface area contributed by atoms with Crippen molar-refractivity contribution in [3.63, 3.8) is 0 Å². The molecule has 4 rings (SSSR count). The third kappa shape index (κ3) is 2.62. The van der Waals surface area contributed by atoms with E-state index >= 15 is 0 Å². The van der Waals surface area contributed by atoms with Crippen LogP contribution in [0.1, 0.15) is 54.3 Å². The lowest BCUT2D eigenvalue weighted by Crippen LogP contribution is -2.33. The molecule has 1 unspecified atom stereocenters. The van der Waals surface area contributed by atoms with Gasteiger partial charge in [-0.1, -0.05) is 6.07 Å².